The first-order valence-corrected chi connectivity index (χ1v) is 8.65. The summed E-state index contributed by atoms with van der Waals surface area (Å²) < 4.78 is 3.08. The molecule has 0 spiro atoms. The van der Waals surface area contributed by atoms with E-state index in [1.807, 2.05) is 36.4 Å². The fraction of sp³-hybridized carbons (Fsp3) is 0.0909. The number of rotatable bonds is 3. The third-order valence-corrected chi connectivity index (χ3v) is 4.51. The summed E-state index contributed by atoms with van der Waals surface area (Å²) in [6.45, 7) is 2.08. The minimum Gasteiger partial charge on any atom is -0.508 e. The van der Waals surface area contributed by atoms with E-state index in [-0.39, 0.29) is 17.2 Å². The highest BCUT2D eigenvalue weighted by Gasteiger charge is 2.31. The van der Waals surface area contributed by atoms with Crippen LogP contribution >= 0.6 is 0 Å². The molecule has 0 radical (unpaired) electrons. The van der Waals surface area contributed by atoms with Gasteiger partial charge in [0.2, 0.25) is 0 Å². The van der Waals surface area contributed by atoms with Crippen molar-refractivity contribution in [1.82, 2.24) is 0 Å². The molecule has 156 valence electrons. The van der Waals surface area contributed by atoms with E-state index < -0.39 is 17.7 Å². The first-order chi connectivity index (χ1) is 14.1. The van der Waals surface area contributed by atoms with Crippen LogP contribution in [0.2, 0.25) is 0 Å². The average Bonchev–Trinajstić information content (AvgIpc) is 2.68. The van der Waals surface area contributed by atoms with Crippen molar-refractivity contribution in [3.05, 3.63) is 89.5 Å². The molecule has 0 aromatic heterocycles. The lowest BCUT2D eigenvalue weighted by Crippen LogP contribution is -2.25. The molecule has 0 heterocycles. The normalized spacial score (nSPS) is 10.4. The first kappa shape index (κ1) is 22.1. The standard InChI is InChI=1S/C20H18O3.C2H2O5/c1-20(14-2-8-17(21)9-3-14,15-4-10-18(22)11-5-15)16-6-12-19(23)13-7-16;3-1(4)7-2(5)6/h2-13,21-23H,1H3;(H,3,4)(H,5,6). The second-order valence-electron chi connectivity index (χ2n) is 6.40. The van der Waals surface area contributed by atoms with Gasteiger partial charge in [-0.2, -0.15) is 0 Å². The van der Waals surface area contributed by atoms with Crippen LogP contribution < -0.4 is 0 Å². The van der Waals surface area contributed by atoms with Crippen LogP contribution in [0, 0.1) is 0 Å². The molecule has 0 aliphatic carbocycles. The molecule has 0 amide bonds. The molecular formula is C22H20O8. The van der Waals surface area contributed by atoms with Crippen molar-refractivity contribution < 1.29 is 39.9 Å². The third-order valence-electron chi connectivity index (χ3n) is 4.51. The minimum absolute atomic E-state index is 0.215. The molecule has 0 aliphatic rings. The summed E-state index contributed by atoms with van der Waals surface area (Å²) in [7, 11) is 0. The molecule has 8 nitrogen and oxygen atoms in total. The number of hydrogen-bond acceptors (Lipinski definition) is 6. The number of carbonyl (C=O) groups is 2. The van der Waals surface area contributed by atoms with Gasteiger partial charge in [-0.15, -0.1) is 0 Å². The van der Waals surface area contributed by atoms with Crippen molar-refractivity contribution >= 4 is 12.3 Å². The van der Waals surface area contributed by atoms with Crippen LogP contribution in [0.25, 0.3) is 0 Å². The van der Waals surface area contributed by atoms with Gasteiger partial charge in [-0.05, 0) is 60.0 Å². The Labute approximate surface area is 171 Å². The molecule has 0 atom stereocenters. The fourth-order valence-electron chi connectivity index (χ4n) is 2.96. The highest BCUT2D eigenvalue weighted by Crippen LogP contribution is 2.40. The van der Waals surface area contributed by atoms with Crippen molar-refractivity contribution in [1.29, 1.82) is 0 Å². The van der Waals surface area contributed by atoms with Gasteiger partial charge in [-0.3, -0.25) is 0 Å². The van der Waals surface area contributed by atoms with Crippen molar-refractivity contribution in [3.8, 4) is 17.2 Å². The summed E-state index contributed by atoms with van der Waals surface area (Å²) in [4.78, 5) is 18.4. The highest BCUT2D eigenvalue weighted by molar-refractivity contribution is 5.74. The van der Waals surface area contributed by atoms with Crippen molar-refractivity contribution in [3.63, 3.8) is 0 Å². The van der Waals surface area contributed by atoms with Crippen LogP contribution in [0.5, 0.6) is 17.2 Å². The summed E-state index contributed by atoms with van der Waals surface area (Å²) in [5.41, 5.74) is 2.54. The Morgan fingerprint density at radius 2 is 0.833 bits per heavy atom. The van der Waals surface area contributed by atoms with E-state index in [4.69, 9.17) is 10.2 Å². The molecular weight excluding hydrogens is 392 g/mol. The van der Waals surface area contributed by atoms with Crippen LogP contribution in [0.1, 0.15) is 23.6 Å². The summed E-state index contributed by atoms with van der Waals surface area (Å²) in [6.07, 6.45) is -3.62. The summed E-state index contributed by atoms with van der Waals surface area (Å²) >= 11 is 0. The van der Waals surface area contributed by atoms with E-state index in [0.29, 0.717) is 0 Å². The molecule has 0 fully saturated rings. The Hall–Kier alpha value is -4.20. The SMILES string of the molecule is CC(c1ccc(O)cc1)(c1ccc(O)cc1)c1ccc(O)cc1.O=C(O)OC(=O)O. The maximum absolute atomic E-state index is 9.57. The fourth-order valence-corrected chi connectivity index (χ4v) is 2.96. The monoisotopic (exact) mass is 412 g/mol. The van der Waals surface area contributed by atoms with Crippen molar-refractivity contribution in [2.45, 2.75) is 12.3 Å². The maximum Gasteiger partial charge on any atom is 0.516 e. The number of ether oxygens (including phenoxy) is 1. The van der Waals surface area contributed by atoms with Crippen LogP contribution in [0.15, 0.2) is 72.8 Å². The second-order valence-corrected chi connectivity index (χ2v) is 6.40. The van der Waals surface area contributed by atoms with Gasteiger partial charge in [0.05, 0.1) is 0 Å². The predicted octanol–water partition coefficient (Wildman–Crippen LogP) is 4.52. The molecule has 3 aromatic carbocycles. The smallest absolute Gasteiger partial charge is 0.508 e. The van der Waals surface area contributed by atoms with E-state index >= 15 is 0 Å². The molecule has 0 aliphatic heterocycles. The number of hydrogen-bond donors (Lipinski definition) is 5. The van der Waals surface area contributed by atoms with E-state index in [1.54, 1.807) is 36.4 Å². The van der Waals surface area contributed by atoms with Crippen molar-refractivity contribution in [2.24, 2.45) is 0 Å². The molecule has 0 saturated carbocycles. The second kappa shape index (κ2) is 9.33. The zero-order chi connectivity index (χ0) is 22.3. The molecule has 0 bridgehead atoms. The lowest BCUT2D eigenvalue weighted by molar-refractivity contribution is 0.0802. The van der Waals surface area contributed by atoms with E-state index in [0.717, 1.165) is 16.7 Å². The molecule has 0 unspecified atom stereocenters. The van der Waals surface area contributed by atoms with Crippen molar-refractivity contribution in [2.75, 3.05) is 0 Å². The van der Waals surface area contributed by atoms with Gasteiger partial charge in [0.15, 0.2) is 0 Å². The topological polar surface area (TPSA) is 145 Å². The van der Waals surface area contributed by atoms with Crippen LogP contribution in [-0.4, -0.2) is 37.8 Å². The van der Waals surface area contributed by atoms with Gasteiger partial charge >= 0.3 is 12.3 Å². The van der Waals surface area contributed by atoms with Gasteiger partial charge in [0.25, 0.3) is 0 Å². The summed E-state index contributed by atoms with van der Waals surface area (Å²) in [6, 6.07) is 21.3. The van der Waals surface area contributed by atoms with Gasteiger partial charge in [0.1, 0.15) is 17.2 Å². The Bertz CT molecular complexity index is 870. The van der Waals surface area contributed by atoms with E-state index in [2.05, 4.69) is 11.7 Å². The Balaban J connectivity index is 0.000000396. The van der Waals surface area contributed by atoms with Crippen LogP contribution in [0.3, 0.4) is 0 Å². The van der Waals surface area contributed by atoms with Gasteiger partial charge in [0, 0.05) is 5.41 Å². The average molecular weight is 412 g/mol. The third kappa shape index (κ3) is 5.41. The quantitative estimate of drug-likeness (QED) is 0.240. The Morgan fingerprint density at radius 3 is 1.00 bits per heavy atom. The largest absolute Gasteiger partial charge is 0.516 e. The number of phenols is 3. The van der Waals surface area contributed by atoms with Gasteiger partial charge in [-0.1, -0.05) is 36.4 Å². The molecule has 5 N–H and O–H groups in total. The van der Waals surface area contributed by atoms with E-state index in [1.165, 1.54) is 0 Å². The number of phenolic OH excluding ortho intramolecular Hbond substituents is 3. The lowest BCUT2D eigenvalue weighted by atomic mass is 9.71. The minimum atomic E-state index is -1.81. The first-order valence-electron chi connectivity index (χ1n) is 8.65. The predicted molar refractivity (Wildman–Crippen MR) is 107 cm³/mol. The lowest BCUT2D eigenvalue weighted by Gasteiger charge is -2.32. The highest BCUT2D eigenvalue weighted by atomic mass is 16.7. The number of carboxylic acid groups (broad SMARTS) is 2. The van der Waals surface area contributed by atoms with E-state index in [9.17, 15) is 24.9 Å². The summed E-state index contributed by atoms with van der Waals surface area (Å²) in [5.74, 6) is 0.646. The molecule has 0 saturated heterocycles. The van der Waals surface area contributed by atoms with Crippen LogP contribution in [0.4, 0.5) is 9.59 Å². The zero-order valence-corrected chi connectivity index (χ0v) is 15.9. The maximum atomic E-state index is 9.57. The van der Waals surface area contributed by atoms with Crippen LogP contribution in [-0.2, 0) is 10.2 Å². The summed E-state index contributed by atoms with van der Waals surface area (Å²) in [5, 5.41) is 43.7. The van der Waals surface area contributed by atoms with Gasteiger partial charge < -0.3 is 30.3 Å². The molecule has 3 aromatic rings. The Morgan fingerprint density at radius 1 is 0.600 bits per heavy atom. The van der Waals surface area contributed by atoms with Gasteiger partial charge in [-0.25, -0.2) is 9.59 Å². The molecule has 3 rings (SSSR count). The zero-order valence-electron chi connectivity index (χ0n) is 15.9. The number of benzene rings is 3. The molecule has 30 heavy (non-hydrogen) atoms. The molecule has 8 heteroatoms. The Kier molecular flexibility index (Phi) is 6.87. The number of aromatic hydroxyl groups is 3.